The Labute approximate surface area is 119 Å². The number of nitrogens with zero attached hydrogens (tertiary/aromatic N) is 3. The number of benzene rings is 1. The van der Waals surface area contributed by atoms with Crippen molar-refractivity contribution in [3.05, 3.63) is 36.2 Å². The van der Waals surface area contributed by atoms with Crippen LogP contribution in [0.5, 0.6) is 11.8 Å². The number of nitrogen functional groups attached to an aromatic ring is 1. The number of aromatic nitrogens is 2. The molecule has 0 bridgehead atoms. The van der Waals surface area contributed by atoms with Crippen molar-refractivity contribution < 1.29 is 17.9 Å². The Kier molecular flexibility index (Phi) is 3.88. The molecular formula is C13H13F3N4O. The second kappa shape index (κ2) is 5.47. The van der Waals surface area contributed by atoms with E-state index < -0.39 is 17.9 Å². The van der Waals surface area contributed by atoms with Gasteiger partial charge in [-0.05, 0) is 18.2 Å². The van der Waals surface area contributed by atoms with Crippen LogP contribution in [0.25, 0.3) is 0 Å². The van der Waals surface area contributed by atoms with Gasteiger partial charge < -0.3 is 15.4 Å². The summed E-state index contributed by atoms with van der Waals surface area (Å²) in [4.78, 5) is 8.79. The third-order valence-electron chi connectivity index (χ3n) is 2.64. The number of rotatable bonds is 3. The van der Waals surface area contributed by atoms with Gasteiger partial charge in [-0.15, -0.1) is 0 Å². The average molecular weight is 298 g/mol. The summed E-state index contributed by atoms with van der Waals surface area (Å²) < 4.78 is 43.0. The lowest BCUT2D eigenvalue weighted by atomic mass is 10.2. The van der Waals surface area contributed by atoms with Crippen LogP contribution in [-0.4, -0.2) is 24.1 Å². The van der Waals surface area contributed by atoms with E-state index in [4.69, 9.17) is 10.5 Å². The van der Waals surface area contributed by atoms with E-state index >= 15 is 0 Å². The fourth-order valence-corrected chi connectivity index (χ4v) is 1.54. The molecule has 2 aromatic rings. The molecule has 0 saturated carbocycles. The van der Waals surface area contributed by atoms with Crippen LogP contribution in [0.15, 0.2) is 30.5 Å². The molecule has 0 unspecified atom stereocenters. The molecule has 0 saturated heterocycles. The van der Waals surface area contributed by atoms with Crippen molar-refractivity contribution in [1.29, 1.82) is 0 Å². The zero-order chi connectivity index (χ0) is 15.6. The molecular weight excluding hydrogens is 285 g/mol. The molecule has 0 atom stereocenters. The molecule has 0 fully saturated rings. The SMILES string of the molecule is CN(C)c1ccc(N)c(Oc2nccc(C(F)(F)F)n2)c1. The highest BCUT2D eigenvalue weighted by atomic mass is 19.4. The van der Waals surface area contributed by atoms with E-state index in [-0.39, 0.29) is 11.4 Å². The standard InChI is InChI=1S/C13H13F3N4O/c1-20(2)8-3-4-9(17)10(7-8)21-12-18-6-5-11(19-12)13(14,15)16/h3-7H,17H2,1-2H3. The van der Waals surface area contributed by atoms with Gasteiger partial charge in [-0.3, -0.25) is 0 Å². The van der Waals surface area contributed by atoms with Crippen LogP contribution >= 0.6 is 0 Å². The Morgan fingerprint density at radius 3 is 2.52 bits per heavy atom. The molecule has 1 heterocycles. The maximum absolute atomic E-state index is 12.6. The fourth-order valence-electron chi connectivity index (χ4n) is 1.54. The minimum atomic E-state index is -4.56. The molecule has 0 spiro atoms. The van der Waals surface area contributed by atoms with Gasteiger partial charge in [0.1, 0.15) is 0 Å². The first-order valence-corrected chi connectivity index (χ1v) is 5.92. The Hall–Kier alpha value is -2.51. The van der Waals surface area contributed by atoms with Gasteiger partial charge in [0, 0.05) is 32.0 Å². The third-order valence-corrected chi connectivity index (χ3v) is 2.64. The Bertz CT molecular complexity index is 644. The summed E-state index contributed by atoms with van der Waals surface area (Å²) in [6.45, 7) is 0. The molecule has 112 valence electrons. The molecule has 2 N–H and O–H groups in total. The number of ether oxygens (including phenoxy) is 1. The smallest absolute Gasteiger partial charge is 0.422 e. The average Bonchev–Trinajstić information content (AvgIpc) is 2.40. The van der Waals surface area contributed by atoms with Crippen molar-refractivity contribution in [2.75, 3.05) is 24.7 Å². The van der Waals surface area contributed by atoms with E-state index in [1.807, 2.05) is 14.1 Å². The molecule has 1 aromatic heterocycles. The Balaban J connectivity index is 2.32. The van der Waals surface area contributed by atoms with E-state index in [9.17, 15) is 13.2 Å². The summed E-state index contributed by atoms with van der Waals surface area (Å²) in [5.74, 6) is 0.195. The molecule has 0 radical (unpaired) electrons. The van der Waals surface area contributed by atoms with Crippen molar-refractivity contribution in [2.24, 2.45) is 0 Å². The number of anilines is 2. The molecule has 21 heavy (non-hydrogen) atoms. The maximum Gasteiger partial charge on any atom is 0.433 e. The maximum atomic E-state index is 12.6. The Morgan fingerprint density at radius 1 is 1.19 bits per heavy atom. The number of hydrogen-bond acceptors (Lipinski definition) is 5. The highest BCUT2D eigenvalue weighted by Gasteiger charge is 2.33. The van der Waals surface area contributed by atoms with Gasteiger partial charge in [-0.1, -0.05) is 0 Å². The van der Waals surface area contributed by atoms with E-state index in [1.54, 1.807) is 23.1 Å². The van der Waals surface area contributed by atoms with Gasteiger partial charge in [0.05, 0.1) is 5.69 Å². The lowest BCUT2D eigenvalue weighted by Gasteiger charge is -2.15. The molecule has 5 nitrogen and oxygen atoms in total. The van der Waals surface area contributed by atoms with Gasteiger partial charge in [0.15, 0.2) is 11.4 Å². The van der Waals surface area contributed by atoms with Gasteiger partial charge in [-0.2, -0.15) is 18.2 Å². The lowest BCUT2D eigenvalue weighted by Crippen LogP contribution is -2.10. The number of alkyl halides is 3. The van der Waals surface area contributed by atoms with Crippen molar-refractivity contribution in [2.45, 2.75) is 6.18 Å². The van der Waals surface area contributed by atoms with Crippen LogP contribution in [-0.2, 0) is 6.18 Å². The minimum absolute atomic E-state index is 0.195. The van der Waals surface area contributed by atoms with E-state index in [2.05, 4.69) is 9.97 Å². The van der Waals surface area contributed by atoms with Crippen LogP contribution in [0.4, 0.5) is 24.5 Å². The second-order valence-electron chi connectivity index (χ2n) is 4.44. The summed E-state index contributed by atoms with van der Waals surface area (Å²) >= 11 is 0. The molecule has 0 amide bonds. The van der Waals surface area contributed by atoms with Gasteiger partial charge in [0.2, 0.25) is 0 Å². The van der Waals surface area contributed by atoms with Crippen molar-refractivity contribution in [1.82, 2.24) is 9.97 Å². The van der Waals surface area contributed by atoms with Crippen molar-refractivity contribution in [3.63, 3.8) is 0 Å². The lowest BCUT2D eigenvalue weighted by molar-refractivity contribution is -0.141. The van der Waals surface area contributed by atoms with Crippen LogP contribution in [0.2, 0.25) is 0 Å². The highest BCUT2D eigenvalue weighted by molar-refractivity contribution is 5.62. The molecule has 2 rings (SSSR count). The third kappa shape index (κ3) is 3.53. The number of halogens is 3. The fraction of sp³-hybridized carbons (Fsp3) is 0.231. The molecule has 0 aliphatic carbocycles. The van der Waals surface area contributed by atoms with E-state index in [0.717, 1.165) is 18.0 Å². The Morgan fingerprint density at radius 2 is 1.90 bits per heavy atom. The normalized spacial score (nSPS) is 11.3. The summed E-state index contributed by atoms with van der Waals surface area (Å²) in [6.07, 6.45) is -3.57. The van der Waals surface area contributed by atoms with Crippen LogP contribution in [0.3, 0.4) is 0 Å². The topological polar surface area (TPSA) is 64.3 Å². The second-order valence-corrected chi connectivity index (χ2v) is 4.44. The van der Waals surface area contributed by atoms with Crippen molar-refractivity contribution in [3.8, 4) is 11.8 Å². The van der Waals surface area contributed by atoms with Gasteiger partial charge in [0.25, 0.3) is 0 Å². The predicted molar refractivity (Wildman–Crippen MR) is 72.3 cm³/mol. The van der Waals surface area contributed by atoms with Crippen molar-refractivity contribution >= 4 is 11.4 Å². The monoisotopic (exact) mass is 298 g/mol. The first-order chi connectivity index (χ1) is 9.77. The quantitative estimate of drug-likeness (QED) is 0.883. The molecule has 0 aliphatic rings. The summed E-state index contributed by atoms with van der Waals surface area (Å²) in [6, 6.07) is 5.31. The van der Waals surface area contributed by atoms with Crippen LogP contribution < -0.4 is 15.4 Å². The zero-order valence-electron chi connectivity index (χ0n) is 11.3. The summed E-state index contributed by atoms with van der Waals surface area (Å²) in [5.41, 5.74) is 5.73. The van der Waals surface area contributed by atoms with E-state index in [1.165, 1.54) is 0 Å². The van der Waals surface area contributed by atoms with Crippen LogP contribution in [0.1, 0.15) is 5.69 Å². The predicted octanol–water partition coefficient (Wildman–Crippen LogP) is 2.94. The van der Waals surface area contributed by atoms with Gasteiger partial charge in [-0.25, -0.2) is 4.98 Å². The van der Waals surface area contributed by atoms with Crippen LogP contribution in [0, 0.1) is 0 Å². The number of hydrogen-bond donors (Lipinski definition) is 1. The molecule has 0 aliphatic heterocycles. The largest absolute Gasteiger partial charge is 0.433 e. The molecule has 8 heteroatoms. The van der Waals surface area contributed by atoms with Gasteiger partial charge >= 0.3 is 12.2 Å². The summed E-state index contributed by atoms with van der Waals surface area (Å²) in [7, 11) is 3.63. The molecule has 1 aromatic carbocycles. The number of nitrogens with two attached hydrogens (primary N) is 1. The zero-order valence-corrected chi connectivity index (χ0v) is 11.3. The summed E-state index contributed by atoms with van der Waals surface area (Å²) in [5, 5.41) is 0. The van der Waals surface area contributed by atoms with E-state index in [0.29, 0.717) is 0 Å². The minimum Gasteiger partial charge on any atom is -0.422 e. The first kappa shape index (κ1) is 14.9. The first-order valence-electron chi connectivity index (χ1n) is 5.92. The highest BCUT2D eigenvalue weighted by Crippen LogP contribution is 2.32.